The number of fused-ring (bicyclic) bond motifs is 1. The van der Waals surface area contributed by atoms with Gasteiger partial charge in [0.25, 0.3) is 5.56 Å². The first kappa shape index (κ1) is 16.8. The van der Waals surface area contributed by atoms with Gasteiger partial charge in [-0.25, -0.2) is 9.37 Å². The monoisotopic (exact) mass is 356 g/mol. The molecule has 2 aliphatic rings. The van der Waals surface area contributed by atoms with Crippen LogP contribution < -0.4 is 10.5 Å². The van der Waals surface area contributed by atoms with Crippen LogP contribution >= 0.6 is 0 Å². The second-order valence-electron chi connectivity index (χ2n) is 6.80. The van der Waals surface area contributed by atoms with Crippen molar-refractivity contribution in [2.24, 2.45) is 0 Å². The van der Waals surface area contributed by atoms with Gasteiger partial charge < -0.3 is 9.80 Å². The number of benzene rings is 1. The van der Waals surface area contributed by atoms with Gasteiger partial charge in [-0.05, 0) is 43.5 Å². The predicted octanol–water partition coefficient (Wildman–Crippen LogP) is 1.22. The summed E-state index contributed by atoms with van der Waals surface area (Å²) in [6.45, 7) is 2.59. The summed E-state index contributed by atoms with van der Waals surface area (Å²) in [7, 11) is 0. The molecular weight excluding hydrogens is 335 g/mol. The van der Waals surface area contributed by atoms with Gasteiger partial charge in [0.1, 0.15) is 12.4 Å². The molecule has 136 valence electrons. The molecule has 0 N–H and O–H groups in total. The normalized spacial score (nSPS) is 16.7. The van der Waals surface area contributed by atoms with Crippen LogP contribution in [-0.2, 0) is 24.2 Å². The van der Waals surface area contributed by atoms with Crippen LogP contribution in [0.2, 0.25) is 0 Å². The molecule has 1 saturated heterocycles. The van der Waals surface area contributed by atoms with Crippen molar-refractivity contribution in [3.8, 4) is 0 Å². The van der Waals surface area contributed by atoms with E-state index in [1.165, 1.54) is 23.0 Å². The van der Waals surface area contributed by atoms with Crippen molar-refractivity contribution in [1.82, 2.24) is 14.5 Å². The number of aromatic nitrogens is 2. The SMILES string of the molecule is O=C(Cn1cnc2c(c1=O)CCC2)N1CCN(c2ccc(F)cc2)CC1. The van der Waals surface area contributed by atoms with Crippen molar-refractivity contribution in [2.45, 2.75) is 25.8 Å². The van der Waals surface area contributed by atoms with Crippen LogP contribution in [0.25, 0.3) is 0 Å². The number of carbonyl (C=O) groups is 1. The fourth-order valence-electron chi connectivity index (χ4n) is 3.69. The third kappa shape index (κ3) is 3.21. The fraction of sp³-hybridized carbons (Fsp3) is 0.421. The number of aryl methyl sites for hydroxylation is 1. The summed E-state index contributed by atoms with van der Waals surface area (Å²) in [6.07, 6.45) is 4.07. The fourth-order valence-corrected chi connectivity index (χ4v) is 3.69. The molecule has 1 fully saturated rings. The van der Waals surface area contributed by atoms with E-state index in [1.54, 1.807) is 17.0 Å². The molecule has 0 spiro atoms. The summed E-state index contributed by atoms with van der Waals surface area (Å²) in [5.41, 5.74) is 2.52. The molecule has 4 rings (SSSR count). The zero-order valence-corrected chi connectivity index (χ0v) is 14.5. The first-order chi connectivity index (χ1) is 12.6. The second kappa shape index (κ2) is 6.90. The maximum absolute atomic E-state index is 13.0. The molecule has 1 aromatic heterocycles. The third-order valence-corrected chi connectivity index (χ3v) is 5.19. The molecule has 2 heterocycles. The Kier molecular flexibility index (Phi) is 4.44. The van der Waals surface area contributed by atoms with E-state index in [1.807, 2.05) is 0 Å². The maximum Gasteiger partial charge on any atom is 0.257 e. The Morgan fingerprint density at radius 3 is 2.54 bits per heavy atom. The predicted molar refractivity (Wildman–Crippen MR) is 95.7 cm³/mol. The molecule has 1 aliphatic heterocycles. The summed E-state index contributed by atoms with van der Waals surface area (Å²) in [6, 6.07) is 6.39. The average molecular weight is 356 g/mol. The molecule has 0 saturated carbocycles. The second-order valence-corrected chi connectivity index (χ2v) is 6.80. The van der Waals surface area contributed by atoms with E-state index in [0.29, 0.717) is 26.2 Å². The van der Waals surface area contributed by atoms with E-state index in [9.17, 15) is 14.0 Å². The summed E-state index contributed by atoms with van der Waals surface area (Å²) < 4.78 is 14.5. The van der Waals surface area contributed by atoms with Crippen LogP contribution in [0.4, 0.5) is 10.1 Å². The summed E-state index contributed by atoms with van der Waals surface area (Å²) in [5, 5.41) is 0. The Bertz CT molecular complexity index is 870. The Morgan fingerprint density at radius 1 is 1.08 bits per heavy atom. The number of rotatable bonds is 3. The van der Waals surface area contributed by atoms with Gasteiger partial charge in [-0.3, -0.25) is 14.2 Å². The molecule has 0 unspecified atom stereocenters. The van der Waals surface area contributed by atoms with Crippen LogP contribution in [0.1, 0.15) is 17.7 Å². The highest BCUT2D eigenvalue weighted by Crippen LogP contribution is 2.17. The third-order valence-electron chi connectivity index (χ3n) is 5.19. The zero-order chi connectivity index (χ0) is 18.1. The van der Waals surface area contributed by atoms with Crippen molar-refractivity contribution < 1.29 is 9.18 Å². The number of carbonyl (C=O) groups excluding carboxylic acids is 1. The van der Waals surface area contributed by atoms with Gasteiger partial charge in [0.15, 0.2) is 0 Å². The van der Waals surface area contributed by atoms with Gasteiger partial charge >= 0.3 is 0 Å². The lowest BCUT2D eigenvalue weighted by molar-refractivity contribution is -0.132. The maximum atomic E-state index is 13.0. The van der Waals surface area contributed by atoms with Crippen LogP contribution in [0.3, 0.4) is 0 Å². The lowest BCUT2D eigenvalue weighted by atomic mass is 10.2. The number of hydrogen-bond donors (Lipinski definition) is 0. The number of amides is 1. The van der Waals surface area contributed by atoms with Gasteiger partial charge in [0, 0.05) is 37.4 Å². The van der Waals surface area contributed by atoms with Gasteiger partial charge in [-0.15, -0.1) is 0 Å². The first-order valence-corrected chi connectivity index (χ1v) is 8.97. The summed E-state index contributed by atoms with van der Waals surface area (Å²) >= 11 is 0. The van der Waals surface area contributed by atoms with E-state index in [0.717, 1.165) is 36.2 Å². The van der Waals surface area contributed by atoms with Gasteiger partial charge in [-0.2, -0.15) is 0 Å². The van der Waals surface area contributed by atoms with Crippen molar-refractivity contribution in [3.05, 3.63) is 58.0 Å². The quantitative estimate of drug-likeness (QED) is 0.830. The Hall–Kier alpha value is -2.70. The number of halogens is 1. The molecule has 1 aliphatic carbocycles. The average Bonchev–Trinajstić information content (AvgIpc) is 3.14. The summed E-state index contributed by atoms with van der Waals surface area (Å²) in [4.78, 5) is 33.3. The lowest BCUT2D eigenvalue weighted by Crippen LogP contribution is -2.50. The first-order valence-electron chi connectivity index (χ1n) is 8.97. The number of hydrogen-bond acceptors (Lipinski definition) is 4. The minimum Gasteiger partial charge on any atom is -0.368 e. The largest absolute Gasteiger partial charge is 0.368 e. The van der Waals surface area contributed by atoms with E-state index >= 15 is 0 Å². The zero-order valence-electron chi connectivity index (χ0n) is 14.5. The van der Waals surface area contributed by atoms with Crippen LogP contribution in [-0.4, -0.2) is 46.5 Å². The molecular formula is C19H21FN4O2. The minimum atomic E-state index is -0.254. The molecule has 7 heteroatoms. The van der Waals surface area contributed by atoms with Crippen LogP contribution in [0.15, 0.2) is 35.4 Å². The molecule has 26 heavy (non-hydrogen) atoms. The van der Waals surface area contributed by atoms with Crippen molar-refractivity contribution in [1.29, 1.82) is 0 Å². The van der Waals surface area contributed by atoms with E-state index in [-0.39, 0.29) is 23.8 Å². The van der Waals surface area contributed by atoms with Gasteiger partial charge in [0.2, 0.25) is 5.91 Å². The lowest BCUT2D eigenvalue weighted by Gasteiger charge is -2.36. The number of piperazine rings is 1. The van der Waals surface area contributed by atoms with Crippen LogP contribution in [0, 0.1) is 5.82 Å². The molecule has 1 aromatic carbocycles. The van der Waals surface area contributed by atoms with Crippen molar-refractivity contribution in [2.75, 3.05) is 31.1 Å². The molecule has 0 atom stereocenters. The standard InChI is InChI=1S/C19H21FN4O2/c20-14-4-6-15(7-5-14)22-8-10-23(11-9-22)18(25)12-24-13-21-17-3-1-2-16(17)19(24)26/h4-7,13H,1-3,8-12H2. The molecule has 0 radical (unpaired) electrons. The smallest absolute Gasteiger partial charge is 0.257 e. The van der Waals surface area contributed by atoms with Gasteiger partial charge in [0.05, 0.1) is 12.0 Å². The van der Waals surface area contributed by atoms with E-state index < -0.39 is 0 Å². The minimum absolute atomic E-state index is 0.0374. The van der Waals surface area contributed by atoms with Crippen LogP contribution in [0.5, 0.6) is 0 Å². The number of nitrogens with zero attached hydrogens (tertiary/aromatic N) is 4. The van der Waals surface area contributed by atoms with E-state index in [4.69, 9.17) is 0 Å². The van der Waals surface area contributed by atoms with Crippen molar-refractivity contribution >= 4 is 11.6 Å². The van der Waals surface area contributed by atoms with Gasteiger partial charge in [-0.1, -0.05) is 0 Å². The molecule has 6 nitrogen and oxygen atoms in total. The molecule has 0 bridgehead atoms. The Labute approximate surface area is 150 Å². The topological polar surface area (TPSA) is 58.4 Å². The molecule has 2 aromatic rings. The highest BCUT2D eigenvalue weighted by Gasteiger charge is 2.23. The number of anilines is 1. The molecule has 1 amide bonds. The highest BCUT2D eigenvalue weighted by atomic mass is 19.1. The summed E-state index contributed by atoms with van der Waals surface area (Å²) in [5.74, 6) is -0.318. The van der Waals surface area contributed by atoms with Crippen molar-refractivity contribution in [3.63, 3.8) is 0 Å². The highest BCUT2D eigenvalue weighted by molar-refractivity contribution is 5.76. The Morgan fingerprint density at radius 2 is 1.81 bits per heavy atom. The van der Waals surface area contributed by atoms with E-state index in [2.05, 4.69) is 9.88 Å². The Balaban J connectivity index is 1.38.